The maximum Gasteiger partial charge on any atom is 0.348 e. The predicted octanol–water partition coefficient (Wildman–Crippen LogP) is 0.259. The zero-order chi connectivity index (χ0) is 14.9. The smallest absolute Gasteiger partial charge is 0.348 e. The number of ketones is 1. The second kappa shape index (κ2) is 5.16. The van der Waals surface area contributed by atoms with Gasteiger partial charge in [0, 0.05) is 14.2 Å². The first kappa shape index (κ1) is 16.0. The fourth-order valence-electron chi connectivity index (χ4n) is 1.88. The molecule has 0 unspecified atom stereocenters. The molecule has 1 fully saturated rings. The van der Waals surface area contributed by atoms with E-state index in [0.717, 1.165) is 0 Å². The Morgan fingerprint density at radius 1 is 1.05 bits per heavy atom. The van der Waals surface area contributed by atoms with Gasteiger partial charge in [0.05, 0.1) is 13.7 Å². The summed E-state index contributed by atoms with van der Waals surface area (Å²) in [5.74, 6) is -4.06. The van der Waals surface area contributed by atoms with Crippen molar-refractivity contribution in [3.63, 3.8) is 0 Å². The molecule has 1 saturated heterocycles. The molecule has 7 nitrogen and oxygen atoms in total. The largest absolute Gasteiger partial charge is 0.466 e. The van der Waals surface area contributed by atoms with Crippen molar-refractivity contribution in [1.82, 2.24) is 0 Å². The third-order valence-electron chi connectivity index (χ3n) is 3.61. The van der Waals surface area contributed by atoms with Gasteiger partial charge in [0.15, 0.2) is 5.78 Å². The van der Waals surface area contributed by atoms with Crippen LogP contribution in [0.2, 0.25) is 0 Å². The summed E-state index contributed by atoms with van der Waals surface area (Å²) in [6.45, 7) is 4.04. The summed E-state index contributed by atoms with van der Waals surface area (Å²) >= 11 is 0. The van der Waals surface area contributed by atoms with Gasteiger partial charge in [-0.15, -0.1) is 0 Å². The van der Waals surface area contributed by atoms with E-state index in [1.165, 1.54) is 35.2 Å². The summed E-state index contributed by atoms with van der Waals surface area (Å²) in [6.07, 6.45) is 0. The van der Waals surface area contributed by atoms with Crippen LogP contribution in [0.25, 0.3) is 0 Å². The lowest BCUT2D eigenvalue weighted by molar-refractivity contribution is -0.438. The number of carbonyl (C=O) groups excluding carboxylic acids is 2. The number of ether oxygens (including phenoxy) is 5. The van der Waals surface area contributed by atoms with Crippen LogP contribution in [0.4, 0.5) is 0 Å². The molecule has 0 radical (unpaired) electrons. The molecule has 0 saturated carbocycles. The second-order valence-corrected chi connectivity index (χ2v) is 4.57. The van der Waals surface area contributed by atoms with Gasteiger partial charge in [-0.2, -0.15) is 0 Å². The van der Waals surface area contributed by atoms with E-state index in [0.29, 0.717) is 0 Å². The lowest BCUT2D eigenvalue weighted by atomic mass is 9.95. The minimum Gasteiger partial charge on any atom is -0.466 e. The van der Waals surface area contributed by atoms with Crippen LogP contribution in [0.1, 0.15) is 20.8 Å². The van der Waals surface area contributed by atoms with E-state index in [1.54, 1.807) is 6.92 Å². The Hall–Kier alpha value is -1.02. The molecule has 0 bridgehead atoms. The Kier molecular flexibility index (Phi) is 4.36. The molecule has 0 amide bonds. The Bertz CT molecular complexity index is 382. The van der Waals surface area contributed by atoms with Gasteiger partial charge in [-0.25, -0.2) is 4.79 Å². The highest BCUT2D eigenvalue weighted by Gasteiger charge is 2.63. The highest BCUT2D eigenvalue weighted by atomic mass is 16.8. The molecular weight excluding hydrogens is 256 g/mol. The lowest BCUT2D eigenvalue weighted by Gasteiger charge is -2.51. The molecular formula is C12H20O7. The van der Waals surface area contributed by atoms with Crippen molar-refractivity contribution in [1.29, 1.82) is 0 Å². The van der Waals surface area contributed by atoms with Crippen molar-refractivity contribution in [2.75, 3.05) is 27.9 Å². The van der Waals surface area contributed by atoms with E-state index >= 15 is 0 Å². The predicted molar refractivity (Wildman–Crippen MR) is 63.3 cm³/mol. The van der Waals surface area contributed by atoms with Crippen LogP contribution in [0.3, 0.4) is 0 Å². The molecule has 0 aromatic carbocycles. The summed E-state index contributed by atoms with van der Waals surface area (Å²) < 4.78 is 26.3. The van der Waals surface area contributed by atoms with Gasteiger partial charge in [-0.05, 0) is 20.8 Å². The van der Waals surface area contributed by atoms with Crippen molar-refractivity contribution in [2.45, 2.75) is 37.9 Å². The summed E-state index contributed by atoms with van der Waals surface area (Å²) in [5.41, 5.74) is -1.85. The molecule has 1 aliphatic rings. The van der Waals surface area contributed by atoms with Gasteiger partial charge in [0.25, 0.3) is 0 Å². The van der Waals surface area contributed by atoms with E-state index < -0.39 is 28.9 Å². The van der Waals surface area contributed by atoms with Crippen molar-refractivity contribution in [3.05, 3.63) is 0 Å². The number of carbonyl (C=O) groups is 2. The summed E-state index contributed by atoms with van der Waals surface area (Å²) in [4.78, 5) is 23.7. The Morgan fingerprint density at radius 2 is 1.58 bits per heavy atom. The molecule has 0 aromatic rings. The average molecular weight is 276 g/mol. The van der Waals surface area contributed by atoms with E-state index in [4.69, 9.17) is 18.9 Å². The van der Waals surface area contributed by atoms with Crippen molar-refractivity contribution >= 4 is 11.8 Å². The van der Waals surface area contributed by atoms with E-state index in [1.807, 2.05) is 0 Å². The Morgan fingerprint density at radius 3 is 1.95 bits per heavy atom. The number of rotatable bonds is 4. The van der Waals surface area contributed by atoms with Crippen LogP contribution in [0, 0.1) is 0 Å². The summed E-state index contributed by atoms with van der Waals surface area (Å²) in [5, 5.41) is 0. The van der Waals surface area contributed by atoms with E-state index in [2.05, 4.69) is 4.74 Å². The van der Waals surface area contributed by atoms with Gasteiger partial charge >= 0.3 is 5.97 Å². The quantitative estimate of drug-likeness (QED) is 0.538. The van der Waals surface area contributed by atoms with Crippen LogP contribution in [0.15, 0.2) is 0 Å². The van der Waals surface area contributed by atoms with E-state index in [-0.39, 0.29) is 6.61 Å². The first-order valence-electron chi connectivity index (χ1n) is 5.75. The van der Waals surface area contributed by atoms with Crippen LogP contribution < -0.4 is 0 Å². The molecule has 0 aliphatic carbocycles. The highest BCUT2D eigenvalue weighted by Crippen LogP contribution is 2.41. The Labute approximate surface area is 112 Å². The fraction of sp³-hybridized carbons (Fsp3) is 0.833. The van der Waals surface area contributed by atoms with Crippen molar-refractivity contribution in [3.8, 4) is 0 Å². The molecule has 7 heteroatoms. The molecule has 19 heavy (non-hydrogen) atoms. The Balaban J connectivity index is 3.23. The van der Waals surface area contributed by atoms with Crippen LogP contribution >= 0.6 is 0 Å². The monoisotopic (exact) mass is 276 g/mol. The van der Waals surface area contributed by atoms with Gasteiger partial charge < -0.3 is 23.7 Å². The number of methoxy groups -OCH3 is 3. The second-order valence-electron chi connectivity index (χ2n) is 4.57. The molecule has 1 rings (SSSR count). The number of Topliss-reactive ketones (excluding diaryl/α,β-unsaturated/α-hetero) is 1. The normalized spacial score (nSPS) is 38.8. The minimum absolute atomic E-state index is 0.307. The number of hydrogen-bond donors (Lipinski definition) is 0. The SMILES string of the molecule is COC(=O)[C@]1(C(C)=O)CO[C@@](C)(OC)[C@](C)(OC)O1. The van der Waals surface area contributed by atoms with Crippen molar-refractivity contribution < 1.29 is 33.3 Å². The molecule has 1 aliphatic heterocycles. The van der Waals surface area contributed by atoms with Gasteiger partial charge in [0.1, 0.15) is 0 Å². The van der Waals surface area contributed by atoms with Gasteiger partial charge in [0.2, 0.25) is 17.2 Å². The zero-order valence-electron chi connectivity index (χ0n) is 12.1. The molecule has 3 atom stereocenters. The topological polar surface area (TPSA) is 80.3 Å². The molecule has 110 valence electrons. The van der Waals surface area contributed by atoms with E-state index in [9.17, 15) is 9.59 Å². The third kappa shape index (κ3) is 2.27. The van der Waals surface area contributed by atoms with Crippen molar-refractivity contribution in [2.24, 2.45) is 0 Å². The molecule has 0 N–H and O–H groups in total. The summed E-state index contributed by atoms with van der Waals surface area (Å²) in [6, 6.07) is 0. The highest BCUT2D eigenvalue weighted by molar-refractivity contribution is 6.06. The first-order valence-corrected chi connectivity index (χ1v) is 5.75. The van der Waals surface area contributed by atoms with Crippen LogP contribution in [0.5, 0.6) is 0 Å². The molecule has 0 aromatic heterocycles. The molecule has 0 spiro atoms. The van der Waals surface area contributed by atoms with Crippen LogP contribution in [-0.2, 0) is 33.3 Å². The summed E-state index contributed by atoms with van der Waals surface area (Å²) in [7, 11) is 3.96. The lowest BCUT2D eigenvalue weighted by Crippen LogP contribution is -2.70. The first-order chi connectivity index (χ1) is 8.71. The maximum atomic E-state index is 11.9. The molecule has 1 heterocycles. The third-order valence-corrected chi connectivity index (χ3v) is 3.61. The average Bonchev–Trinajstić information content (AvgIpc) is 2.40. The van der Waals surface area contributed by atoms with Gasteiger partial charge in [-0.1, -0.05) is 0 Å². The van der Waals surface area contributed by atoms with Crippen LogP contribution in [-0.4, -0.2) is 56.9 Å². The standard InChI is InChI=1S/C12H20O7/c1-8(13)12(9(14)15-4)7-18-10(2,16-5)11(3,17-6)19-12/h7H2,1-6H3/t10-,11-,12-/m1/s1. The zero-order valence-corrected chi connectivity index (χ0v) is 12.1. The maximum absolute atomic E-state index is 11.9. The minimum atomic E-state index is -1.85. The van der Waals surface area contributed by atoms with Gasteiger partial charge in [-0.3, -0.25) is 4.79 Å². The number of hydrogen-bond acceptors (Lipinski definition) is 7. The number of esters is 1. The fourth-order valence-corrected chi connectivity index (χ4v) is 1.88.